The summed E-state index contributed by atoms with van der Waals surface area (Å²) >= 11 is 1.74. The van der Waals surface area contributed by atoms with Gasteiger partial charge in [0.25, 0.3) is 0 Å². The second kappa shape index (κ2) is 10.6. The van der Waals surface area contributed by atoms with E-state index in [1.54, 1.807) is 17.6 Å². The van der Waals surface area contributed by atoms with E-state index in [9.17, 15) is 4.79 Å². The van der Waals surface area contributed by atoms with E-state index in [2.05, 4.69) is 62.8 Å². The van der Waals surface area contributed by atoms with Gasteiger partial charge in [0.15, 0.2) is 0 Å². The second-order valence-electron chi connectivity index (χ2n) is 8.09. The maximum atomic E-state index is 12.2. The first kappa shape index (κ1) is 20.9. The summed E-state index contributed by atoms with van der Waals surface area (Å²) in [6.07, 6.45) is 6.18. The molecular weight excluding hydrogens is 394 g/mol. The smallest absolute Gasteiger partial charge is 0.245 e. The Morgan fingerprint density at radius 3 is 2.53 bits per heavy atom. The number of nitrogens with zero attached hydrogens (tertiary/aromatic N) is 3. The number of amides is 1. The normalized spacial score (nSPS) is 18.1. The molecule has 1 amide bonds. The molecule has 0 radical (unpaired) electrons. The number of rotatable bonds is 7. The number of carbonyl (C=O) groups is 1. The van der Waals surface area contributed by atoms with E-state index in [0.717, 1.165) is 50.7 Å². The van der Waals surface area contributed by atoms with Crippen molar-refractivity contribution in [3.05, 3.63) is 47.3 Å². The number of anilines is 2. The van der Waals surface area contributed by atoms with Crippen LogP contribution in [-0.2, 0) is 4.79 Å². The number of thiophene rings is 1. The van der Waals surface area contributed by atoms with Gasteiger partial charge >= 0.3 is 0 Å². The number of quaternary nitrogens is 1. The summed E-state index contributed by atoms with van der Waals surface area (Å²) in [6.45, 7) is 7.38. The summed E-state index contributed by atoms with van der Waals surface area (Å²) in [4.78, 5) is 19.6. The largest absolute Gasteiger partial charge is 0.363 e. The average Bonchev–Trinajstić information content (AvgIpc) is 3.28. The van der Waals surface area contributed by atoms with E-state index in [1.807, 2.05) is 0 Å². The van der Waals surface area contributed by atoms with E-state index in [1.165, 1.54) is 34.9 Å². The third-order valence-electron chi connectivity index (χ3n) is 5.96. The van der Waals surface area contributed by atoms with Crippen molar-refractivity contribution in [3.8, 4) is 0 Å². The molecular formula is C23H32N5OS+. The lowest BCUT2D eigenvalue weighted by molar-refractivity contribution is -0.900. The van der Waals surface area contributed by atoms with Gasteiger partial charge in [-0.15, -0.1) is 11.3 Å². The van der Waals surface area contributed by atoms with Gasteiger partial charge in [-0.25, -0.2) is 5.43 Å². The number of nitrogens with one attached hydrogen (secondary N) is 2. The topological polar surface area (TPSA) is 52.4 Å². The van der Waals surface area contributed by atoms with Crippen LogP contribution in [0.1, 0.15) is 30.6 Å². The van der Waals surface area contributed by atoms with E-state index in [0.29, 0.717) is 6.42 Å². The number of hydrogen-bond acceptors (Lipinski definition) is 5. The molecule has 6 nitrogen and oxygen atoms in total. The Balaban J connectivity index is 1.15. The van der Waals surface area contributed by atoms with Crippen LogP contribution in [0.4, 0.5) is 10.7 Å². The Labute approximate surface area is 183 Å². The van der Waals surface area contributed by atoms with Crippen molar-refractivity contribution in [2.75, 3.05) is 55.6 Å². The number of hydrazone groups is 1. The van der Waals surface area contributed by atoms with Gasteiger partial charge in [0, 0.05) is 23.7 Å². The maximum absolute atomic E-state index is 12.2. The van der Waals surface area contributed by atoms with Crippen LogP contribution >= 0.6 is 11.3 Å². The molecule has 0 atom stereocenters. The first-order valence-corrected chi connectivity index (χ1v) is 11.9. The minimum atomic E-state index is -0.00273. The van der Waals surface area contributed by atoms with Crippen molar-refractivity contribution in [2.24, 2.45) is 5.10 Å². The number of benzene rings is 1. The summed E-state index contributed by atoms with van der Waals surface area (Å²) in [7, 11) is 0. The van der Waals surface area contributed by atoms with Crippen LogP contribution in [0.2, 0.25) is 0 Å². The van der Waals surface area contributed by atoms with Gasteiger partial charge in [-0.2, -0.15) is 5.10 Å². The molecule has 1 aromatic carbocycles. The molecule has 0 unspecified atom stereocenters. The molecule has 2 aliphatic rings. The zero-order valence-electron chi connectivity index (χ0n) is 17.6. The van der Waals surface area contributed by atoms with Crippen molar-refractivity contribution in [2.45, 2.75) is 25.7 Å². The molecule has 2 saturated heterocycles. The van der Waals surface area contributed by atoms with Gasteiger partial charge < -0.3 is 14.7 Å². The van der Waals surface area contributed by atoms with E-state index in [-0.39, 0.29) is 5.91 Å². The quantitative estimate of drug-likeness (QED) is 0.526. The van der Waals surface area contributed by atoms with Crippen molar-refractivity contribution in [1.29, 1.82) is 0 Å². The first-order chi connectivity index (χ1) is 14.8. The molecule has 1 aromatic heterocycles. The van der Waals surface area contributed by atoms with Crippen molar-refractivity contribution in [1.82, 2.24) is 5.43 Å². The van der Waals surface area contributed by atoms with Gasteiger partial charge in [-0.3, -0.25) is 4.79 Å². The van der Waals surface area contributed by atoms with Crippen LogP contribution < -0.4 is 20.1 Å². The molecule has 0 saturated carbocycles. The minimum absolute atomic E-state index is 0.00273. The molecule has 2 aliphatic heterocycles. The summed E-state index contributed by atoms with van der Waals surface area (Å²) in [5.74, 6) is -0.00273. The third-order valence-corrected chi connectivity index (χ3v) is 7.04. The Kier molecular flexibility index (Phi) is 7.37. The summed E-state index contributed by atoms with van der Waals surface area (Å²) in [6, 6.07) is 14.8. The van der Waals surface area contributed by atoms with E-state index in [4.69, 9.17) is 0 Å². The van der Waals surface area contributed by atoms with Gasteiger partial charge in [-0.05, 0) is 43.5 Å². The number of piperazine rings is 1. The Morgan fingerprint density at radius 1 is 1.00 bits per heavy atom. The predicted octanol–water partition coefficient (Wildman–Crippen LogP) is 1.98. The zero-order chi connectivity index (χ0) is 20.6. The van der Waals surface area contributed by atoms with Crippen molar-refractivity contribution in [3.63, 3.8) is 0 Å². The fourth-order valence-electron chi connectivity index (χ4n) is 4.18. The van der Waals surface area contributed by atoms with Crippen LogP contribution in [0.5, 0.6) is 0 Å². The zero-order valence-corrected chi connectivity index (χ0v) is 18.4. The van der Waals surface area contributed by atoms with Gasteiger partial charge in [0.1, 0.15) is 0 Å². The van der Waals surface area contributed by atoms with Gasteiger partial charge in [0.2, 0.25) is 5.91 Å². The SMILES string of the molecule is O=C(CC[NH+]1CCN(c2ccccc2)CC1)N/N=C\c1ccc(N2CCCCC2)s1. The highest BCUT2D eigenvalue weighted by molar-refractivity contribution is 7.17. The number of hydrogen-bond donors (Lipinski definition) is 2. The Morgan fingerprint density at radius 2 is 1.77 bits per heavy atom. The van der Waals surface area contributed by atoms with E-state index >= 15 is 0 Å². The third kappa shape index (κ3) is 5.83. The maximum Gasteiger partial charge on any atom is 0.245 e. The van der Waals surface area contributed by atoms with Crippen LogP contribution in [0, 0.1) is 0 Å². The monoisotopic (exact) mass is 426 g/mol. The highest BCUT2D eigenvalue weighted by Crippen LogP contribution is 2.27. The standard InChI is InChI=1S/C23H31N5OS/c29-22(11-14-26-15-17-27(18-16-26)20-7-3-1-4-8-20)25-24-19-21-9-10-23(30-21)28-12-5-2-6-13-28/h1,3-4,7-10,19H,2,5-6,11-18H2,(H,25,29)/p+1/b24-19-. The number of para-hydroxylation sites is 1. The fraction of sp³-hybridized carbons (Fsp3) is 0.478. The molecule has 0 spiro atoms. The predicted molar refractivity (Wildman–Crippen MR) is 125 cm³/mol. The lowest BCUT2D eigenvalue weighted by Crippen LogP contribution is -3.15. The van der Waals surface area contributed by atoms with Crippen molar-refractivity contribution < 1.29 is 9.69 Å². The number of carbonyl (C=O) groups excluding carboxylic acids is 1. The molecule has 3 heterocycles. The fourth-order valence-corrected chi connectivity index (χ4v) is 5.11. The highest BCUT2D eigenvalue weighted by atomic mass is 32.1. The summed E-state index contributed by atoms with van der Waals surface area (Å²) in [5.41, 5.74) is 3.99. The molecule has 0 bridgehead atoms. The van der Waals surface area contributed by atoms with Crippen molar-refractivity contribution >= 4 is 34.1 Å². The number of piperidine rings is 1. The highest BCUT2D eigenvalue weighted by Gasteiger charge is 2.20. The Bertz CT molecular complexity index is 823. The second-order valence-corrected chi connectivity index (χ2v) is 9.18. The summed E-state index contributed by atoms with van der Waals surface area (Å²) < 4.78 is 0. The van der Waals surface area contributed by atoms with Gasteiger partial charge in [-0.1, -0.05) is 18.2 Å². The minimum Gasteiger partial charge on any atom is -0.363 e. The molecule has 2 fully saturated rings. The average molecular weight is 427 g/mol. The van der Waals surface area contributed by atoms with E-state index < -0.39 is 0 Å². The van der Waals surface area contributed by atoms with Crippen LogP contribution in [0.15, 0.2) is 47.6 Å². The van der Waals surface area contributed by atoms with Crippen LogP contribution in [0.25, 0.3) is 0 Å². The molecule has 2 aromatic rings. The molecule has 4 rings (SSSR count). The molecule has 160 valence electrons. The lowest BCUT2D eigenvalue weighted by Gasteiger charge is -2.33. The van der Waals surface area contributed by atoms with Crippen LogP contribution in [-0.4, -0.2) is 57.9 Å². The van der Waals surface area contributed by atoms with Gasteiger partial charge in [0.05, 0.1) is 50.4 Å². The lowest BCUT2D eigenvalue weighted by atomic mass is 10.1. The summed E-state index contributed by atoms with van der Waals surface area (Å²) in [5, 5.41) is 5.47. The first-order valence-electron chi connectivity index (χ1n) is 11.1. The molecule has 0 aliphatic carbocycles. The molecule has 2 N–H and O–H groups in total. The van der Waals surface area contributed by atoms with Crippen LogP contribution in [0.3, 0.4) is 0 Å². The molecule has 30 heavy (non-hydrogen) atoms. The molecule has 7 heteroatoms. The Hall–Kier alpha value is -2.38.